The highest BCUT2D eigenvalue weighted by molar-refractivity contribution is 5.47. The summed E-state index contributed by atoms with van der Waals surface area (Å²) in [6, 6.07) is 5.02. The SMILES string of the molecule is C=COC=C.CC(C)(C)c1cccc(O)c1O. The van der Waals surface area contributed by atoms with Crippen molar-refractivity contribution >= 4 is 0 Å². The van der Waals surface area contributed by atoms with E-state index in [1.165, 1.54) is 18.6 Å². The van der Waals surface area contributed by atoms with E-state index in [1.54, 1.807) is 6.07 Å². The zero-order valence-electron chi connectivity index (χ0n) is 10.6. The second-order valence-corrected chi connectivity index (χ2v) is 4.39. The van der Waals surface area contributed by atoms with Crippen LogP contribution in [0.2, 0.25) is 0 Å². The lowest BCUT2D eigenvalue weighted by atomic mass is 9.86. The van der Waals surface area contributed by atoms with E-state index in [2.05, 4.69) is 17.9 Å². The molecule has 0 radical (unpaired) electrons. The summed E-state index contributed by atoms with van der Waals surface area (Å²) < 4.78 is 4.36. The topological polar surface area (TPSA) is 49.7 Å². The highest BCUT2D eigenvalue weighted by Gasteiger charge is 2.19. The highest BCUT2D eigenvalue weighted by atomic mass is 16.5. The van der Waals surface area contributed by atoms with Crippen LogP contribution in [-0.2, 0) is 10.2 Å². The summed E-state index contributed by atoms with van der Waals surface area (Å²) in [7, 11) is 0. The number of hydrogen-bond acceptors (Lipinski definition) is 3. The first-order chi connectivity index (χ1) is 7.84. The van der Waals surface area contributed by atoms with Gasteiger partial charge in [-0.2, -0.15) is 0 Å². The number of phenolic OH excluding ortho intramolecular Hbond substituents is 2. The fraction of sp³-hybridized carbons (Fsp3) is 0.286. The second kappa shape index (κ2) is 6.63. The Morgan fingerprint density at radius 2 is 1.65 bits per heavy atom. The number of para-hydroxylation sites is 1. The standard InChI is InChI=1S/C10H14O2.C4H6O/c1-10(2,3)7-5-4-6-8(11)9(7)12;1-3-5-4-2/h4-6,11-12H,1-3H3;3-4H,1-2H2. The van der Waals surface area contributed by atoms with Gasteiger partial charge < -0.3 is 14.9 Å². The largest absolute Gasteiger partial charge is 0.504 e. The Kier molecular flexibility index (Phi) is 5.89. The molecule has 1 rings (SSSR count). The highest BCUT2D eigenvalue weighted by Crippen LogP contribution is 2.36. The van der Waals surface area contributed by atoms with Crippen molar-refractivity contribution in [2.24, 2.45) is 0 Å². The van der Waals surface area contributed by atoms with Crippen LogP contribution >= 0.6 is 0 Å². The first-order valence-corrected chi connectivity index (χ1v) is 5.23. The molecule has 1 aromatic carbocycles. The van der Waals surface area contributed by atoms with Crippen LogP contribution in [0.4, 0.5) is 0 Å². The summed E-state index contributed by atoms with van der Waals surface area (Å²) in [5.74, 6) is -0.0626. The molecule has 17 heavy (non-hydrogen) atoms. The number of phenols is 2. The van der Waals surface area contributed by atoms with Crippen molar-refractivity contribution in [2.75, 3.05) is 0 Å². The van der Waals surface area contributed by atoms with E-state index in [1.807, 2.05) is 26.8 Å². The smallest absolute Gasteiger partial charge is 0.161 e. The third kappa shape index (κ3) is 5.11. The van der Waals surface area contributed by atoms with Crippen molar-refractivity contribution < 1.29 is 14.9 Å². The normalized spacial score (nSPS) is 9.82. The van der Waals surface area contributed by atoms with Gasteiger partial charge in [0.25, 0.3) is 0 Å². The third-order valence-electron chi connectivity index (χ3n) is 2.02. The number of aromatic hydroxyl groups is 2. The molecule has 0 spiro atoms. The molecule has 0 heterocycles. The molecular formula is C14H20O3. The minimum atomic E-state index is -0.136. The third-order valence-corrected chi connectivity index (χ3v) is 2.02. The maximum absolute atomic E-state index is 9.48. The Labute approximate surface area is 103 Å². The summed E-state index contributed by atoms with van der Waals surface area (Å²) in [6.07, 6.45) is 2.62. The molecule has 0 amide bonds. The van der Waals surface area contributed by atoms with Gasteiger partial charge >= 0.3 is 0 Å². The van der Waals surface area contributed by atoms with Gasteiger partial charge in [-0.1, -0.05) is 46.1 Å². The van der Waals surface area contributed by atoms with Crippen LogP contribution in [0, 0.1) is 0 Å². The molecule has 0 aliphatic heterocycles. The Balaban J connectivity index is 0.000000437. The van der Waals surface area contributed by atoms with Gasteiger partial charge in [0.15, 0.2) is 11.5 Å². The monoisotopic (exact) mass is 236 g/mol. The van der Waals surface area contributed by atoms with E-state index in [4.69, 9.17) is 0 Å². The molecule has 0 bridgehead atoms. The zero-order valence-corrected chi connectivity index (χ0v) is 10.6. The predicted molar refractivity (Wildman–Crippen MR) is 70.0 cm³/mol. The number of hydrogen-bond donors (Lipinski definition) is 2. The quantitative estimate of drug-likeness (QED) is 0.608. The molecule has 94 valence electrons. The first-order valence-electron chi connectivity index (χ1n) is 5.23. The average Bonchev–Trinajstić information content (AvgIpc) is 2.22. The predicted octanol–water partition coefficient (Wildman–Crippen LogP) is 3.69. The lowest BCUT2D eigenvalue weighted by Gasteiger charge is -2.20. The van der Waals surface area contributed by atoms with Gasteiger partial charge in [-0.25, -0.2) is 0 Å². The van der Waals surface area contributed by atoms with Gasteiger partial charge in [-0.05, 0) is 11.5 Å². The lowest BCUT2D eigenvalue weighted by Crippen LogP contribution is -2.10. The number of rotatable bonds is 2. The number of ether oxygens (including phenoxy) is 1. The summed E-state index contributed by atoms with van der Waals surface area (Å²) in [4.78, 5) is 0. The van der Waals surface area contributed by atoms with Crippen LogP contribution in [0.15, 0.2) is 43.9 Å². The Bertz CT molecular complexity index is 370. The molecule has 0 saturated heterocycles. The van der Waals surface area contributed by atoms with E-state index in [9.17, 15) is 10.2 Å². The molecular weight excluding hydrogens is 216 g/mol. The van der Waals surface area contributed by atoms with E-state index < -0.39 is 0 Å². The van der Waals surface area contributed by atoms with Crippen LogP contribution < -0.4 is 0 Å². The summed E-state index contributed by atoms with van der Waals surface area (Å²) in [5.41, 5.74) is 0.630. The van der Waals surface area contributed by atoms with Crippen molar-refractivity contribution in [3.63, 3.8) is 0 Å². The van der Waals surface area contributed by atoms with Crippen molar-refractivity contribution in [1.82, 2.24) is 0 Å². The fourth-order valence-electron chi connectivity index (χ4n) is 1.20. The molecule has 3 heteroatoms. The first kappa shape index (κ1) is 15.1. The molecule has 3 nitrogen and oxygen atoms in total. The molecule has 0 fully saturated rings. The molecule has 1 aromatic rings. The van der Waals surface area contributed by atoms with Gasteiger partial charge in [0.2, 0.25) is 0 Å². The number of benzene rings is 1. The lowest BCUT2D eigenvalue weighted by molar-refractivity contribution is 0.389. The Morgan fingerprint density at radius 1 is 1.12 bits per heavy atom. The van der Waals surface area contributed by atoms with Gasteiger partial charge in [0, 0.05) is 5.56 Å². The van der Waals surface area contributed by atoms with Gasteiger partial charge in [0.1, 0.15) is 0 Å². The average molecular weight is 236 g/mol. The van der Waals surface area contributed by atoms with Gasteiger partial charge in [0.05, 0.1) is 12.5 Å². The maximum Gasteiger partial charge on any atom is 0.161 e. The molecule has 0 aliphatic rings. The molecule has 0 saturated carbocycles. The molecule has 0 aromatic heterocycles. The molecule has 0 atom stereocenters. The van der Waals surface area contributed by atoms with Crippen LogP contribution in [-0.4, -0.2) is 10.2 Å². The molecule has 2 N–H and O–H groups in total. The van der Waals surface area contributed by atoms with Crippen LogP contribution in [0.5, 0.6) is 11.5 Å². The summed E-state index contributed by atoms with van der Waals surface area (Å²) >= 11 is 0. The van der Waals surface area contributed by atoms with Crippen molar-refractivity contribution in [1.29, 1.82) is 0 Å². The van der Waals surface area contributed by atoms with Gasteiger partial charge in [-0.15, -0.1) is 0 Å². The van der Waals surface area contributed by atoms with Crippen molar-refractivity contribution in [3.8, 4) is 11.5 Å². The Morgan fingerprint density at radius 3 is 1.94 bits per heavy atom. The van der Waals surface area contributed by atoms with E-state index >= 15 is 0 Å². The van der Waals surface area contributed by atoms with Crippen molar-refractivity contribution in [3.05, 3.63) is 49.4 Å². The van der Waals surface area contributed by atoms with Crippen molar-refractivity contribution in [2.45, 2.75) is 26.2 Å². The van der Waals surface area contributed by atoms with Crippen LogP contribution in [0.1, 0.15) is 26.3 Å². The second-order valence-electron chi connectivity index (χ2n) is 4.39. The van der Waals surface area contributed by atoms with E-state index in [0.717, 1.165) is 5.56 Å². The van der Waals surface area contributed by atoms with Crippen LogP contribution in [0.25, 0.3) is 0 Å². The molecule has 0 aliphatic carbocycles. The Hall–Kier alpha value is -1.90. The van der Waals surface area contributed by atoms with E-state index in [-0.39, 0.29) is 16.9 Å². The summed E-state index contributed by atoms with van der Waals surface area (Å²) in [6.45, 7) is 12.5. The fourth-order valence-corrected chi connectivity index (χ4v) is 1.20. The summed E-state index contributed by atoms with van der Waals surface area (Å²) in [5, 5.41) is 18.7. The van der Waals surface area contributed by atoms with E-state index in [0.29, 0.717) is 0 Å². The van der Waals surface area contributed by atoms with Crippen LogP contribution in [0.3, 0.4) is 0 Å². The molecule has 0 unspecified atom stereocenters. The minimum absolute atomic E-state index is 0.00926. The zero-order chi connectivity index (χ0) is 13.5. The maximum atomic E-state index is 9.48. The van der Waals surface area contributed by atoms with Gasteiger partial charge in [-0.3, -0.25) is 0 Å². The minimum Gasteiger partial charge on any atom is -0.504 e.